The van der Waals surface area contributed by atoms with E-state index in [0.717, 1.165) is 18.1 Å². The fourth-order valence-corrected chi connectivity index (χ4v) is 2.97. The molecule has 1 atom stereocenters. The van der Waals surface area contributed by atoms with Gasteiger partial charge in [-0.3, -0.25) is 9.59 Å². The van der Waals surface area contributed by atoms with Crippen molar-refractivity contribution in [3.8, 4) is 0 Å². The van der Waals surface area contributed by atoms with Gasteiger partial charge in [-0.15, -0.1) is 0 Å². The van der Waals surface area contributed by atoms with Crippen molar-refractivity contribution in [3.05, 3.63) is 41.5 Å². The second kappa shape index (κ2) is 16.1. The molecule has 1 aromatic rings. The van der Waals surface area contributed by atoms with Crippen LogP contribution in [-0.2, 0) is 25.6 Å². The van der Waals surface area contributed by atoms with E-state index >= 15 is 0 Å². The van der Waals surface area contributed by atoms with Crippen molar-refractivity contribution in [1.29, 1.82) is 0 Å². The number of nitrogens with zero attached hydrogens (tertiary/aromatic N) is 1. The lowest BCUT2D eigenvalue weighted by Gasteiger charge is -2.18. The molecule has 0 saturated carbocycles. The van der Waals surface area contributed by atoms with Gasteiger partial charge in [0.25, 0.3) is 0 Å². The molecular formula is C24H36N2O5S. The number of aldehydes is 1. The molecule has 0 radical (unpaired) electrons. The van der Waals surface area contributed by atoms with Crippen LogP contribution in [0.5, 0.6) is 0 Å². The normalized spacial score (nSPS) is 11.8. The molecule has 32 heavy (non-hydrogen) atoms. The molecule has 0 spiro atoms. The minimum atomic E-state index is -1.12. The van der Waals surface area contributed by atoms with Gasteiger partial charge in [0.15, 0.2) is 0 Å². The molecule has 0 saturated heterocycles. The van der Waals surface area contributed by atoms with Gasteiger partial charge in [-0.2, -0.15) is 12.6 Å². The highest BCUT2D eigenvalue weighted by Gasteiger charge is 2.14. The molecule has 0 aliphatic carbocycles. The van der Waals surface area contributed by atoms with E-state index in [1.807, 2.05) is 38.1 Å². The zero-order valence-corrected chi connectivity index (χ0v) is 20.5. The molecule has 2 amide bonds. The van der Waals surface area contributed by atoms with Crippen LogP contribution in [0.3, 0.4) is 0 Å². The van der Waals surface area contributed by atoms with Crippen molar-refractivity contribution in [2.24, 2.45) is 5.92 Å². The van der Waals surface area contributed by atoms with Gasteiger partial charge >= 0.3 is 5.97 Å². The number of hydrogen-bond donors (Lipinski definition) is 3. The predicted molar refractivity (Wildman–Crippen MR) is 131 cm³/mol. The van der Waals surface area contributed by atoms with E-state index in [9.17, 15) is 19.2 Å². The zero-order valence-electron chi connectivity index (χ0n) is 19.6. The molecule has 0 fully saturated rings. The Morgan fingerprint density at radius 3 is 2.25 bits per heavy atom. The fourth-order valence-electron chi connectivity index (χ4n) is 2.82. The third-order valence-corrected chi connectivity index (χ3v) is 4.66. The van der Waals surface area contributed by atoms with Gasteiger partial charge in [0.1, 0.15) is 6.29 Å². The van der Waals surface area contributed by atoms with Crippen molar-refractivity contribution in [3.63, 3.8) is 0 Å². The van der Waals surface area contributed by atoms with E-state index in [-0.39, 0.29) is 37.7 Å². The third-order valence-electron chi connectivity index (χ3n) is 4.35. The number of thiol groups is 1. The summed E-state index contributed by atoms with van der Waals surface area (Å²) in [5, 5.41) is 11.2. The molecule has 0 aliphatic heterocycles. The molecule has 2 N–H and O–H groups in total. The summed E-state index contributed by atoms with van der Waals surface area (Å²) in [7, 11) is 1.58. The van der Waals surface area contributed by atoms with Crippen molar-refractivity contribution in [2.45, 2.75) is 52.2 Å². The number of rotatable bonds is 12. The Morgan fingerprint density at radius 2 is 1.75 bits per heavy atom. The van der Waals surface area contributed by atoms with Gasteiger partial charge in [-0.05, 0) is 29.0 Å². The molecule has 0 aliphatic rings. The average molecular weight is 465 g/mol. The fraction of sp³-hybridized carbons (Fsp3) is 0.500. The number of carbonyl (C=O) groups is 4. The molecule has 8 heteroatoms. The first kappa shape index (κ1) is 29.4. The first-order chi connectivity index (χ1) is 15.1. The highest BCUT2D eigenvalue weighted by Crippen LogP contribution is 2.20. The van der Waals surface area contributed by atoms with E-state index < -0.39 is 11.2 Å². The zero-order chi connectivity index (χ0) is 24.7. The molecule has 1 unspecified atom stereocenters. The minimum absolute atomic E-state index is 0.00460. The van der Waals surface area contributed by atoms with Crippen LogP contribution in [0.1, 0.15) is 51.7 Å². The molecule has 1 rings (SSSR count). The first-order valence-electron chi connectivity index (χ1n) is 10.8. The summed E-state index contributed by atoms with van der Waals surface area (Å²) >= 11 is 3.97. The maximum absolute atomic E-state index is 12.3. The lowest BCUT2D eigenvalue weighted by Crippen LogP contribution is -2.37. The summed E-state index contributed by atoms with van der Waals surface area (Å²) in [5.41, 5.74) is 2.24. The molecular weight excluding hydrogens is 428 g/mol. The summed E-state index contributed by atoms with van der Waals surface area (Å²) in [4.78, 5) is 47.4. The topological polar surface area (TPSA) is 104 Å². The van der Waals surface area contributed by atoms with Crippen molar-refractivity contribution in [2.75, 3.05) is 20.1 Å². The van der Waals surface area contributed by atoms with Crippen molar-refractivity contribution in [1.82, 2.24) is 10.2 Å². The molecule has 0 aromatic heterocycles. The number of carboxylic acid groups (broad SMARTS) is 1. The van der Waals surface area contributed by atoms with Crippen LogP contribution in [0, 0.1) is 5.92 Å². The Bertz CT molecular complexity index is 775. The molecule has 0 heterocycles. The van der Waals surface area contributed by atoms with Crippen LogP contribution in [0.4, 0.5) is 0 Å². The SMILES string of the molecule is CC.CC(C)Cc1ccc(/C(=C/C(=O)O)CC(=O)NCCN(C)C(=O)CC(S)C=O)cc1. The number of hydrogen-bond acceptors (Lipinski definition) is 5. The summed E-state index contributed by atoms with van der Waals surface area (Å²) in [5.74, 6) is -1.19. The number of carboxylic acids is 1. The highest BCUT2D eigenvalue weighted by atomic mass is 32.1. The number of benzene rings is 1. The maximum Gasteiger partial charge on any atom is 0.328 e. The van der Waals surface area contributed by atoms with E-state index in [4.69, 9.17) is 5.11 Å². The van der Waals surface area contributed by atoms with E-state index in [1.54, 1.807) is 7.05 Å². The average Bonchev–Trinajstić information content (AvgIpc) is 2.74. The maximum atomic E-state index is 12.3. The number of amides is 2. The Labute approximate surface area is 196 Å². The minimum Gasteiger partial charge on any atom is -0.478 e. The Hall–Kier alpha value is -2.61. The standard InChI is InChI=1S/C22H30N2O5S.C2H6/c1-15(2)10-16-4-6-17(7-5-16)18(12-22(28)29)11-20(26)23-8-9-24(3)21(27)13-19(30)14-25;1-2/h4-7,12,14-15,19,30H,8-11,13H2,1-3H3,(H,23,26)(H,28,29);1-2H3/b18-12+;. The van der Waals surface area contributed by atoms with Gasteiger partial charge in [-0.1, -0.05) is 52.0 Å². The van der Waals surface area contributed by atoms with Crippen LogP contribution >= 0.6 is 12.6 Å². The van der Waals surface area contributed by atoms with Crippen LogP contribution in [-0.4, -0.2) is 59.5 Å². The molecule has 7 nitrogen and oxygen atoms in total. The van der Waals surface area contributed by atoms with Crippen LogP contribution in [0.15, 0.2) is 30.3 Å². The first-order valence-corrected chi connectivity index (χ1v) is 11.3. The van der Waals surface area contributed by atoms with Gasteiger partial charge in [0.05, 0.1) is 11.7 Å². The summed E-state index contributed by atoms with van der Waals surface area (Å²) in [6, 6.07) is 7.54. The number of aliphatic carboxylic acids is 1. The third kappa shape index (κ3) is 12.3. The van der Waals surface area contributed by atoms with Crippen LogP contribution < -0.4 is 5.32 Å². The van der Waals surface area contributed by atoms with Crippen LogP contribution in [0.25, 0.3) is 5.57 Å². The predicted octanol–water partition coefficient (Wildman–Crippen LogP) is 3.23. The number of carbonyl (C=O) groups excluding carboxylic acids is 3. The number of likely N-dealkylation sites (N-methyl/N-ethyl adjacent to an activating group) is 1. The van der Waals surface area contributed by atoms with Crippen molar-refractivity contribution < 1.29 is 24.3 Å². The van der Waals surface area contributed by atoms with Gasteiger partial charge in [-0.25, -0.2) is 4.79 Å². The smallest absolute Gasteiger partial charge is 0.328 e. The summed E-state index contributed by atoms with van der Waals surface area (Å²) in [6.07, 6.45) is 2.47. The Balaban J connectivity index is 0.00000466. The Morgan fingerprint density at radius 1 is 1.16 bits per heavy atom. The molecule has 1 aromatic carbocycles. The lowest BCUT2D eigenvalue weighted by atomic mass is 9.97. The van der Waals surface area contributed by atoms with Gasteiger partial charge in [0.2, 0.25) is 11.8 Å². The van der Waals surface area contributed by atoms with Crippen LogP contribution in [0.2, 0.25) is 0 Å². The monoisotopic (exact) mass is 464 g/mol. The quantitative estimate of drug-likeness (QED) is 0.250. The highest BCUT2D eigenvalue weighted by molar-refractivity contribution is 7.81. The second-order valence-electron chi connectivity index (χ2n) is 7.55. The summed E-state index contributed by atoms with van der Waals surface area (Å²) < 4.78 is 0. The van der Waals surface area contributed by atoms with E-state index in [2.05, 4.69) is 31.8 Å². The number of nitrogens with one attached hydrogen (secondary N) is 1. The van der Waals surface area contributed by atoms with Crippen molar-refractivity contribution >= 4 is 42.3 Å². The molecule has 0 bridgehead atoms. The van der Waals surface area contributed by atoms with Gasteiger partial charge < -0.3 is 20.1 Å². The Kier molecular flexibility index (Phi) is 14.8. The lowest BCUT2D eigenvalue weighted by molar-refractivity contribution is -0.131. The van der Waals surface area contributed by atoms with E-state index in [1.165, 1.54) is 4.90 Å². The largest absolute Gasteiger partial charge is 0.478 e. The second-order valence-corrected chi connectivity index (χ2v) is 8.22. The summed E-state index contributed by atoms with van der Waals surface area (Å²) in [6.45, 7) is 8.73. The molecule has 178 valence electrons. The van der Waals surface area contributed by atoms with E-state index in [0.29, 0.717) is 23.3 Å². The van der Waals surface area contributed by atoms with Gasteiger partial charge in [0, 0.05) is 32.6 Å².